The molecule has 0 aliphatic carbocycles. The first-order valence-corrected chi connectivity index (χ1v) is 10.1. The minimum atomic E-state index is -0.234. The molecule has 0 unspecified atom stereocenters. The van der Waals surface area contributed by atoms with Gasteiger partial charge in [0.1, 0.15) is 5.75 Å². The van der Waals surface area contributed by atoms with E-state index in [0.717, 1.165) is 35.3 Å². The van der Waals surface area contributed by atoms with Crippen LogP contribution in [0.5, 0.6) is 5.75 Å². The SMILES string of the molecule is CCCc1ccc(OCC(=O)Nc2cnc3c(c2)c(C)nn3-c2ccccc2)cc1. The topological polar surface area (TPSA) is 69.0 Å². The summed E-state index contributed by atoms with van der Waals surface area (Å²) in [5.74, 6) is 0.445. The van der Waals surface area contributed by atoms with Gasteiger partial charge >= 0.3 is 0 Å². The molecule has 0 saturated carbocycles. The van der Waals surface area contributed by atoms with E-state index in [9.17, 15) is 4.79 Å². The first-order valence-electron chi connectivity index (χ1n) is 10.1. The monoisotopic (exact) mass is 400 g/mol. The second-order valence-corrected chi connectivity index (χ2v) is 7.16. The van der Waals surface area contributed by atoms with Gasteiger partial charge in [-0.3, -0.25) is 4.79 Å². The Morgan fingerprint density at radius 1 is 1.10 bits per heavy atom. The van der Waals surface area contributed by atoms with Crippen LogP contribution in [0.2, 0.25) is 0 Å². The van der Waals surface area contributed by atoms with Crippen molar-refractivity contribution in [3.05, 3.63) is 78.1 Å². The molecule has 0 aliphatic rings. The summed E-state index contributed by atoms with van der Waals surface area (Å²) in [4.78, 5) is 16.8. The number of hydrogen-bond acceptors (Lipinski definition) is 4. The molecule has 1 amide bonds. The number of pyridine rings is 1. The second-order valence-electron chi connectivity index (χ2n) is 7.16. The van der Waals surface area contributed by atoms with Gasteiger partial charge in [0.15, 0.2) is 12.3 Å². The average molecular weight is 400 g/mol. The fourth-order valence-corrected chi connectivity index (χ4v) is 3.35. The fourth-order valence-electron chi connectivity index (χ4n) is 3.35. The summed E-state index contributed by atoms with van der Waals surface area (Å²) in [6.07, 6.45) is 3.78. The summed E-state index contributed by atoms with van der Waals surface area (Å²) >= 11 is 0. The Bertz CT molecular complexity index is 1150. The van der Waals surface area contributed by atoms with E-state index in [4.69, 9.17) is 4.74 Å². The largest absolute Gasteiger partial charge is 0.484 e. The Morgan fingerprint density at radius 2 is 1.87 bits per heavy atom. The second kappa shape index (κ2) is 8.78. The molecule has 2 heterocycles. The molecule has 4 aromatic rings. The van der Waals surface area contributed by atoms with Crippen LogP contribution in [-0.4, -0.2) is 27.3 Å². The van der Waals surface area contributed by atoms with Crippen LogP contribution < -0.4 is 10.1 Å². The van der Waals surface area contributed by atoms with Crippen LogP contribution in [0.15, 0.2) is 66.9 Å². The van der Waals surface area contributed by atoms with E-state index < -0.39 is 0 Å². The Kier molecular flexibility index (Phi) is 5.75. The third kappa shape index (κ3) is 4.33. The highest BCUT2D eigenvalue weighted by Gasteiger charge is 2.12. The van der Waals surface area contributed by atoms with Crippen molar-refractivity contribution in [2.24, 2.45) is 0 Å². The lowest BCUT2D eigenvalue weighted by molar-refractivity contribution is -0.118. The first-order chi connectivity index (χ1) is 14.6. The summed E-state index contributed by atoms with van der Waals surface area (Å²) < 4.78 is 7.40. The molecule has 0 spiro atoms. The Hall–Kier alpha value is -3.67. The predicted molar refractivity (Wildman–Crippen MR) is 118 cm³/mol. The lowest BCUT2D eigenvalue weighted by Gasteiger charge is -2.08. The number of carbonyl (C=O) groups excluding carboxylic acids is 1. The maximum absolute atomic E-state index is 12.3. The van der Waals surface area contributed by atoms with Crippen molar-refractivity contribution in [3.8, 4) is 11.4 Å². The number of benzene rings is 2. The van der Waals surface area contributed by atoms with Crippen LogP contribution >= 0.6 is 0 Å². The van der Waals surface area contributed by atoms with Crippen LogP contribution in [0, 0.1) is 6.92 Å². The van der Waals surface area contributed by atoms with Crippen molar-refractivity contribution in [1.29, 1.82) is 0 Å². The van der Waals surface area contributed by atoms with Crippen LogP contribution in [0.1, 0.15) is 24.6 Å². The molecule has 1 N–H and O–H groups in total. The van der Waals surface area contributed by atoms with E-state index in [-0.39, 0.29) is 12.5 Å². The van der Waals surface area contributed by atoms with Gasteiger partial charge in [-0.1, -0.05) is 43.7 Å². The predicted octanol–water partition coefficient (Wildman–Crippen LogP) is 4.70. The van der Waals surface area contributed by atoms with Crippen LogP contribution in [-0.2, 0) is 11.2 Å². The number of fused-ring (bicyclic) bond motifs is 1. The zero-order valence-corrected chi connectivity index (χ0v) is 17.1. The van der Waals surface area contributed by atoms with Gasteiger partial charge in [0.05, 0.1) is 23.3 Å². The zero-order valence-electron chi connectivity index (χ0n) is 17.1. The van der Waals surface area contributed by atoms with Gasteiger partial charge in [0.2, 0.25) is 0 Å². The van der Waals surface area contributed by atoms with Gasteiger partial charge < -0.3 is 10.1 Å². The van der Waals surface area contributed by atoms with Gasteiger partial charge in [-0.25, -0.2) is 9.67 Å². The number of nitrogens with zero attached hydrogens (tertiary/aromatic N) is 3. The zero-order chi connectivity index (χ0) is 20.9. The smallest absolute Gasteiger partial charge is 0.262 e. The quantitative estimate of drug-likeness (QED) is 0.488. The maximum atomic E-state index is 12.3. The van der Waals surface area contributed by atoms with Crippen molar-refractivity contribution >= 4 is 22.6 Å². The van der Waals surface area contributed by atoms with Crippen molar-refractivity contribution in [1.82, 2.24) is 14.8 Å². The van der Waals surface area contributed by atoms with Crippen LogP contribution in [0.4, 0.5) is 5.69 Å². The van der Waals surface area contributed by atoms with E-state index in [1.54, 1.807) is 6.20 Å². The molecule has 0 saturated heterocycles. The van der Waals surface area contributed by atoms with E-state index in [2.05, 4.69) is 22.3 Å². The maximum Gasteiger partial charge on any atom is 0.262 e. The van der Waals surface area contributed by atoms with Gasteiger partial charge in [-0.2, -0.15) is 5.10 Å². The highest BCUT2D eigenvalue weighted by Crippen LogP contribution is 2.23. The van der Waals surface area contributed by atoms with E-state index >= 15 is 0 Å². The molecule has 152 valence electrons. The summed E-state index contributed by atoms with van der Waals surface area (Å²) in [5.41, 5.74) is 4.42. The Balaban J connectivity index is 1.43. The van der Waals surface area contributed by atoms with E-state index in [1.807, 2.05) is 72.3 Å². The highest BCUT2D eigenvalue weighted by molar-refractivity contribution is 5.94. The standard InChI is InChI=1S/C24H24N4O2/c1-3-7-18-10-12-21(13-11-18)30-16-23(29)26-19-14-22-17(2)27-28(24(22)25-15-19)20-8-5-4-6-9-20/h4-6,8-15H,3,7,16H2,1-2H3,(H,26,29). The van der Waals surface area contributed by atoms with Gasteiger partial charge in [0.25, 0.3) is 5.91 Å². The number of anilines is 1. The number of aryl methyl sites for hydroxylation is 2. The molecular weight excluding hydrogens is 376 g/mol. The molecule has 2 aromatic heterocycles. The lowest BCUT2D eigenvalue weighted by atomic mass is 10.1. The highest BCUT2D eigenvalue weighted by atomic mass is 16.5. The molecule has 0 fully saturated rings. The van der Waals surface area contributed by atoms with Crippen molar-refractivity contribution < 1.29 is 9.53 Å². The number of aromatic nitrogens is 3. The van der Waals surface area contributed by atoms with E-state index in [0.29, 0.717) is 11.4 Å². The lowest BCUT2D eigenvalue weighted by Crippen LogP contribution is -2.20. The van der Waals surface area contributed by atoms with Crippen LogP contribution in [0.3, 0.4) is 0 Å². The Labute approximate surface area is 175 Å². The van der Waals surface area contributed by atoms with E-state index in [1.165, 1.54) is 5.56 Å². The van der Waals surface area contributed by atoms with Gasteiger partial charge in [-0.05, 0) is 49.2 Å². The fraction of sp³-hybridized carbons (Fsp3) is 0.208. The molecule has 0 aliphatic heterocycles. The van der Waals surface area contributed by atoms with Crippen molar-refractivity contribution in [2.75, 3.05) is 11.9 Å². The Morgan fingerprint density at radius 3 is 2.60 bits per heavy atom. The van der Waals surface area contributed by atoms with Crippen LogP contribution in [0.25, 0.3) is 16.7 Å². The molecule has 30 heavy (non-hydrogen) atoms. The first kappa shape index (κ1) is 19.6. The normalized spacial score (nSPS) is 10.9. The summed E-state index contributed by atoms with van der Waals surface area (Å²) in [6.45, 7) is 4.02. The number of ether oxygens (including phenoxy) is 1. The van der Waals surface area contributed by atoms with Gasteiger partial charge in [-0.15, -0.1) is 0 Å². The summed E-state index contributed by atoms with van der Waals surface area (Å²) in [6, 6.07) is 19.6. The minimum absolute atomic E-state index is 0.0621. The number of carbonyl (C=O) groups is 1. The molecule has 6 heteroatoms. The van der Waals surface area contributed by atoms with Crippen molar-refractivity contribution in [2.45, 2.75) is 26.7 Å². The summed E-state index contributed by atoms with van der Waals surface area (Å²) in [5, 5.41) is 8.33. The molecule has 6 nitrogen and oxygen atoms in total. The molecule has 0 radical (unpaired) electrons. The van der Waals surface area contributed by atoms with Crippen molar-refractivity contribution in [3.63, 3.8) is 0 Å². The molecule has 4 rings (SSSR count). The third-order valence-electron chi connectivity index (χ3n) is 4.82. The molecule has 2 aromatic carbocycles. The number of hydrogen-bond donors (Lipinski definition) is 1. The molecular formula is C24H24N4O2. The summed E-state index contributed by atoms with van der Waals surface area (Å²) in [7, 11) is 0. The molecule has 0 bridgehead atoms. The number of para-hydroxylation sites is 1. The number of rotatable bonds is 7. The number of nitrogens with one attached hydrogen (secondary N) is 1. The number of amides is 1. The average Bonchev–Trinajstić information content (AvgIpc) is 3.10. The minimum Gasteiger partial charge on any atom is -0.484 e. The third-order valence-corrected chi connectivity index (χ3v) is 4.82. The molecule has 0 atom stereocenters. The van der Waals surface area contributed by atoms with Gasteiger partial charge in [0, 0.05) is 5.39 Å².